The van der Waals surface area contributed by atoms with E-state index in [0.717, 1.165) is 25.5 Å². The molecule has 9 heteroatoms. The predicted molar refractivity (Wildman–Crippen MR) is 159 cm³/mol. The van der Waals surface area contributed by atoms with Crippen LogP contribution in [0.15, 0.2) is 82.2 Å². The largest absolute Gasteiger partial charge is 0.354 e. The third-order valence-electron chi connectivity index (χ3n) is 6.29. The van der Waals surface area contributed by atoms with Gasteiger partial charge in [0.15, 0.2) is 0 Å². The molecule has 208 valence electrons. The first-order valence-electron chi connectivity index (χ1n) is 12.9. The van der Waals surface area contributed by atoms with Crippen molar-refractivity contribution in [2.24, 2.45) is 5.92 Å². The second-order valence-electron chi connectivity index (χ2n) is 10.1. The number of hydrogen-bond donors (Lipinski definition) is 1. The van der Waals surface area contributed by atoms with Crippen LogP contribution in [0.4, 0.5) is 5.69 Å². The van der Waals surface area contributed by atoms with E-state index in [4.69, 9.17) is 0 Å². The van der Waals surface area contributed by atoms with E-state index in [-0.39, 0.29) is 23.3 Å². The zero-order valence-corrected chi connectivity index (χ0v) is 25.4. The highest BCUT2D eigenvalue weighted by molar-refractivity contribution is 9.10. The number of hydrogen-bond acceptors (Lipinski definition) is 4. The number of carbonyl (C=O) groups excluding carboxylic acids is 2. The Hall–Kier alpha value is -3.17. The van der Waals surface area contributed by atoms with Crippen LogP contribution < -0.4 is 9.62 Å². The summed E-state index contributed by atoms with van der Waals surface area (Å²) in [6.45, 7) is 9.66. The molecule has 1 unspecified atom stereocenters. The summed E-state index contributed by atoms with van der Waals surface area (Å²) in [6.07, 6.45) is 0. The van der Waals surface area contributed by atoms with Crippen LogP contribution in [-0.4, -0.2) is 44.3 Å². The maximum absolute atomic E-state index is 13.9. The fraction of sp³-hybridized carbons (Fsp3) is 0.333. The van der Waals surface area contributed by atoms with Gasteiger partial charge in [-0.05, 0) is 68.7 Å². The smallest absolute Gasteiger partial charge is 0.264 e. The van der Waals surface area contributed by atoms with E-state index in [1.807, 2.05) is 52.0 Å². The lowest BCUT2D eigenvalue weighted by Gasteiger charge is -2.32. The molecule has 0 spiro atoms. The quantitative estimate of drug-likeness (QED) is 0.311. The molecule has 3 aromatic carbocycles. The van der Waals surface area contributed by atoms with Gasteiger partial charge in [-0.15, -0.1) is 0 Å². The minimum Gasteiger partial charge on any atom is -0.354 e. The fourth-order valence-electron chi connectivity index (χ4n) is 4.02. The molecular formula is C30H36BrN3O4S. The van der Waals surface area contributed by atoms with Gasteiger partial charge in [0.05, 0.1) is 10.6 Å². The SMILES string of the molecule is Cc1ccc(S(=O)(=O)N(CC(=O)N(Cc2cccc(C)c2)C(C)C(=O)NCC(C)C)c2ccc(Br)cc2)cc1. The number of anilines is 1. The lowest BCUT2D eigenvalue weighted by Crippen LogP contribution is -2.51. The molecule has 0 saturated heterocycles. The Labute approximate surface area is 240 Å². The zero-order valence-electron chi connectivity index (χ0n) is 23.0. The van der Waals surface area contributed by atoms with Crippen molar-refractivity contribution in [3.05, 3.63) is 94.0 Å². The second kappa shape index (κ2) is 13.3. The van der Waals surface area contributed by atoms with E-state index < -0.39 is 28.5 Å². The number of rotatable bonds is 11. The standard InChI is InChI=1S/C30H36BrN3O4S/c1-21(2)18-32-30(36)24(5)33(19-25-8-6-7-23(4)17-25)29(35)20-34(27-13-11-26(31)12-14-27)39(37,38)28-15-9-22(3)10-16-28/h6-17,21,24H,18-20H2,1-5H3,(H,32,36). The molecule has 1 N–H and O–H groups in total. The van der Waals surface area contributed by atoms with Crippen LogP contribution in [-0.2, 0) is 26.2 Å². The lowest BCUT2D eigenvalue weighted by atomic mass is 10.1. The molecular weight excluding hydrogens is 578 g/mol. The van der Waals surface area contributed by atoms with Gasteiger partial charge in [0, 0.05) is 17.6 Å². The van der Waals surface area contributed by atoms with Crippen LogP contribution in [0, 0.1) is 19.8 Å². The van der Waals surface area contributed by atoms with Crippen molar-refractivity contribution in [3.8, 4) is 0 Å². The molecule has 0 saturated carbocycles. The first-order chi connectivity index (χ1) is 18.4. The van der Waals surface area contributed by atoms with Crippen LogP contribution in [0.5, 0.6) is 0 Å². The van der Waals surface area contributed by atoms with E-state index in [9.17, 15) is 18.0 Å². The Balaban J connectivity index is 2.01. The van der Waals surface area contributed by atoms with Crippen LogP contribution in [0.3, 0.4) is 0 Å². The van der Waals surface area contributed by atoms with Gasteiger partial charge < -0.3 is 10.2 Å². The molecule has 7 nitrogen and oxygen atoms in total. The van der Waals surface area contributed by atoms with E-state index in [2.05, 4.69) is 21.2 Å². The maximum atomic E-state index is 13.9. The molecule has 39 heavy (non-hydrogen) atoms. The number of halogens is 1. The highest BCUT2D eigenvalue weighted by atomic mass is 79.9. The normalized spacial score (nSPS) is 12.2. The van der Waals surface area contributed by atoms with Crippen molar-refractivity contribution in [2.45, 2.75) is 52.1 Å². The van der Waals surface area contributed by atoms with Crippen LogP contribution in [0.2, 0.25) is 0 Å². The molecule has 0 aliphatic carbocycles. The van der Waals surface area contributed by atoms with Gasteiger partial charge in [-0.3, -0.25) is 13.9 Å². The first kappa shape index (κ1) is 30.4. The van der Waals surface area contributed by atoms with Gasteiger partial charge in [-0.25, -0.2) is 8.42 Å². The molecule has 1 atom stereocenters. The van der Waals surface area contributed by atoms with Crippen molar-refractivity contribution in [1.29, 1.82) is 0 Å². The highest BCUT2D eigenvalue weighted by Crippen LogP contribution is 2.26. The predicted octanol–water partition coefficient (Wildman–Crippen LogP) is 5.45. The molecule has 0 heterocycles. The van der Waals surface area contributed by atoms with Crippen molar-refractivity contribution in [1.82, 2.24) is 10.2 Å². The third-order valence-corrected chi connectivity index (χ3v) is 8.61. The average Bonchev–Trinajstić information content (AvgIpc) is 2.89. The van der Waals surface area contributed by atoms with Gasteiger partial charge >= 0.3 is 0 Å². The topological polar surface area (TPSA) is 86.8 Å². The molecule has 0 aliphatic rings. The number of sulfonamides is 1. The van der Waals surface area contributed by atoms with Crippen LogP contribution in [0.25, 0.3) is 0 Å². The molecule has 2 amide bonds. The van der Waals surface area contributed by atoms with Crippen LogP contribution in [0.1, 0.15) is 37.5 Å². The summed E-state index contributed by atoms with van der Waals surface area (Å²) in [6, 6.07) is 20.1. The summed E-state index contributed by atoms with van der Waals surface area (Å²) in [7, 11) is -4.09. The molecule has 0 fully saturated rings. The number of aryl methyl sites for hydroxylation is 2. The molecule has 0 aliphatic heterocycles. The fourth-order valence-corrected chi connectivity index (χ4v) is 5.69. The summed E-state index contributed by atoms with van der Waals surface area (Å²) in [5.74, 6) is -0.529. The Kier molecular flexibility index (Phi) is 10.3. The van der Waals surface area contributed by atoms with E-state index in [1.54, 1.807) is 43.3 Å². The second-order valence-corrected chi connectivity index (χ2v) is 12.9. The van der Waals surface area contributed by atoms with E-state index >= 15 is 0 Å². The monoisotopic (exact) mass is 613 g/mol. The Morgan fingerprint density at radius 2 is 1.54 bits per heavy atom. The summed E-state index contributed by atoms with van der Waals surface area (Å²) < 4.78 is 29.6. The van der Waals surface area contributed by atoms with Gasteiger partial charge in [-0.2, -0.15) is 0 Å². The summed E-state index contributed by atoms with van der Waals surface area (Å²) >= 11 is 3.39. The molecule has 3 rings (SSSR count). The number of nitrogens with one attached hydrogen (secondary N) is 1. The Morgan fingerprint density at radius 1 is 0.897 bits per heavy atom. The molecule has 3 aromatic rings. The van der Waals surface area contributed by atoms with Gasteiger partial charge in [-0.1, -0.05) is 77.3 Å². The van der Waals surface area contributed by atoms with Crippen molar-refractivity contribution in [2.75, 3.05) is 17.4 Å². The summed E-state index contributed by atoms with van der Waals surface area (Å²) in [4.78, 5) is 28.5. The van der Waals surface area contributed by atoms with E-state index in [0.29, 0.717) is 12.2 Å². The summed E-state index contributed by atoms with van der Waals surface area (Å²) in [5, 5.41) is 2.90. The number of carbonyl (C=O) groups is 2. The summed E-state index contributed by atoms with van der Waals surface area (Å²) in [5.41, 5.74) is 3.14. The highest BCUT2D eigenvalue weighted by Gasteiger charge is 2.32. The van der Waals surface area contributed by atoms with Crippen LogP contribution >= 0.6 is 15.9 Å². The van der Waals surface area contributed by atoms with Crippen molar-refractivity contribution in [3.63, 3.8) is 0 Å². The maximum Gasteiger partial charge on any atom is 0.264 e. The molecule has 0 bridgehead atoms. The molecule has 0 aromatic heterocycles. The average molecular weight is 615 g/mol. The van der Waals surface area contributed by atoms with Gasteiger partial charge in [0.25, 0.3) is 10.0 Å². The Morgan fingerprint density at radius 3 is 2.13 bits per heavy atom. The number of amides is 2. The van der Waals surface area contributed by atoms with Crippen molar-refractivity contribution < 1.29 is 18.0 Å². The minimum atomic E-state index is -4.09. The lowest BCUT2D eigenvalue weighted by molar-refractivity contribution is -0.139. The van der Waals surface area contributed by atoms with Gasteiger partial charge in [0.2, 0.25) is 11.8 Å². The van der Waals surface area contributed by atoms with Crippen molar-refractivity contribution >= 4 is 43.5 Å². The number of benzene rings is 3. The number of nitrogens with zero attached hydrogens (tertiary/aromatic N) is 2. The van der Waals surface area contributed by atoms with Gasteiger partial charge in [0.1, 0.15) is 12.6 Å². The zero-order chi connectivity index (χ0) is 28.7. The van der Waals surface area contributed by atoms with E-state index in [1.165, 1.54) is 17.0 Å². The first-order valence-corrected chi connectivity index (χ1v) is 15.1. The third kappa shape index (κ3) is 8.16. The Bertz CT molecular complexity index is 1390. The minimum absolute atomic E-state index is 0.0803. The molecule has 0 radical (unpaired) electrons.